The van der Waals surface area contributed by atoms with E-state index in [1.54, 1.807) is 11.8 Å². The van der Waals surface area contributed by atoms with Crippen molar-refractivity contribution in [3.63, 3.8) is 0 Å². The molecule has 0 aromatic carbocycles. The quantitative estimate of drug-likeness (QED) is 0.821. The molecule has 0 aliphatic heterocycles. The van der Waals surface area contributed by atoms with Crippen LogP contribution in [0.5, 0.6) is 0 Å². The van der Waals surface area contributed by atoms with Crippen LogP contribution < -0.4 is 5.32 Å². The van der Waals surface area contributed by atoms with Gasteiger partial charge in [0.05, 0.1) is 0 Å². The Morgan fingerprint density at radius 1 is 1.15 bits per heavy atom. The number of aryl methyl sites for hydroxylation is 2. The Morgan fingerprint density at radius 2 is 2.00 bits per heavy atom. The Labute approximate surface area is 125 Å². The van der Waals surface area contributed by atoms with Crippen LogP contribution in [0.15, 0.2) is 40.5 Å². The summed E-state index contributed by atoms with van der Waals surface area (Å²) in [5, 5.41) is 5.37. The molecule has 0 bridgehead atoms. The highest BCUT2D eigenvalue weighted by atomic mass is 32.2. The number of nitrogens with one attached hydrogen (secondary N) is 1. The number of hydrogen-bond donors (Lipinski definition) is 1. The van der Waals surface area contributed by atoms with Gasteiger partial charge in [0.15, 0.2) is 0 Å². The number of hydrogen-bond acceptors (Lipinski definition) is 4. The van der Waals surface area contributed by atoms with Crippen molar-refractivity contribution in [2.24, 2.45) is 0 Å². The number of pyridine rings is 2. The molecule has 0 fully saturated rings. The molecule has 0 aliphatic carbocycles. The van der Waals surface area contributed by atoms with E-state index < -0.39 is 0 Å². The summed E-state index contributed by atoms with van der Waals surface area (Å²) < 4.78 is 0. The third-order valence-electron chi connectivity index (χ3n) is 2.84. The summed E-state index contributed by atoms with van der Waals surface area (Å²) in [6.45, 7) is 8.21. The summed E-state index contributed by atoms with van der Waals surface area (Å²) in [5.41, 5.74) is 3.50. The van der Waals surface area contributed by atoms with Gasteiger partial charge in [-0.05, 0) is 56.1 Å². The van der Waals surface area contributed by atoms with Crippen LogP contribution in [0.3, 0.4) is 0 Å². The van der Waals surface area contributed by atoms with Crippen LogP contribution in [-0.2, 0) is 6.54 Å². The van der Waals surface area contributed by atoms with Crippen molar-refractivity contribution < 1.29 is 0 Å². The molecule has 0 saturated carbocycles. The fourth-order valence-electron chi connectivity index (χ4n) is 1.95. The van der Waals surface area contributed by atoms with Crippen LogP contribution in [0, 0.1) is 13.8 Å². The lowest BCUT2D eigenvalue weighted by Gasteiger charge is -2.05. The molecule has 20 heavy (non-hydrogen) atoms. The maximum Gasteiger partial charge on any atom is 0.103 e. The molecule has 0 spiro atoms. The lowest BCUT2D eigenvalue weighted by atomic mass is 10.3. The summed E-state index contributed by atoms with van der Waals surface area (Å²) in [6.07, 6.45) is 3.09. The van der Waals surface area contributed by atoms with E-state index in [-0.39, 0.29) is 0 Å². The topological polar surface area (TPSA) is 37.8 Å². The fourth-order valence-corrected chi connectivity index (χ4v) is 2.84. The van der Waals surface area contributed by atoms with Gasteiger partial charge in [0, 0.05) is 18.4 Å². The molecule has 3 nitrogen and oxygen atoms in total. The average Bonchev–Trinajstić information content (AvgIpc) is 2.40. The average molecular weight is 287 g/mol. The van der Waals surface area contributed by atoms with E-state index in [9.17, 15) is 0 Å². The predicted molar refractivity (Wildman–Crippen MR) is 84.1 cm³/mol. The van der Waals surface area contributed by atoms with E-state index in [0.29, 0.717) is 0 Å². The standard InChI is InChI=1S/C16H21N3S/c1-4-7-17-10-14-5-6-15(18-11-14)20-16-9-12(2)8-13(3)19-16/h5-6,8-9,11,17H,4,7,10H2,1-3H3. The van der Waals surface area contributed by atoms with Crippen LogP contribution in [-0.4, -0.2) is 16.5 Å². The maximum absolute atomic E-state index is 4.52. The third kappa shape index (κ3) is 4.62. The zero-order chi connectivity index (χ0) is 14.4. The normalized spacial score (nSPS) is 10.8. The van der Waals surface area contributed by atoms with Crippen molar-refractivity contribution in [1.82, 2.24) is 15.3 Å². The van der Waals surface area contributed by atoms with Gasteiger partial charge in [-0.15, -0.1) is 0 Å². The summed E-state index contributed by atoms with van der Waals surface area (Å²) in [7, 11) is 0. The number of rotatable bonds is 6. The van der Waals surface area contributed by atoms with Gasteiger partial charge in [0.1, 0.15) is 10.1 Å². The van der Waals surface area contributed by atoms with Gasteiger partial charge in [0.25, 0.3) is 0 Å². The second-order valence-electron chi connectivity index (χ2n) is 4.91. The van der Waals surface area contributed by atoms with Gasteiger partial charge in [-0.2, -0.15) is 0 Å². The Bertz CT molecular complexity index is 532. The van der Waals surface area contributed by atoms with E-state index in [1.165, 1.54) is 11.1 Å². The van der Waals surface area contributed by atoms with Gasteiger partial charge < -0.3 is 5.32 Å². The molecular formula is C16H21N3S. The van der Waals surface area contributed by atoms with Crippen LogP contribution in [0.2, 0.25) is 0 Å². The van der Waals surface area contributed by atoms with Crippen molar-refractivity contribution in [3.05, 3.63) is 47.3 Å². The molecule has 2 aromatic heterocycles. The van der Waals surface area contributed by atoms with Crippen molar-refractivity contribution in [2.75, 3.05) is 6.54 Å². The molecule has 0 aliphatic rings. The zero-order valence-corrected chi connectivity index (χ0v) is 13.1. The van der Waals surface area contributed by atoms with Crippen molar-refractivity contribution in [2.45, 2.75) is 43.8 Å². The molecule has 2 rings (SSSR count). The van der Waals surface area contributed by atoms with E-state index in [4.69, 9.17) is 0 Å². The summed E-state index contributed by atoms with van der Waals surface area (Å²) in [5.74, 6) is 0. The summed E-state index contributed by atoms with van der Waals surface area (Å²) >= 11 is 1.61. The first-order valence-electron chi connectivity index (χ1n) is 6.96. The van der Waals surface area contributed by atoms with E-state index in [2.05, 4.69) is 53.4 Å². The van der Waals surface area contributed by atoms with Gasteiger partial charge in [-0.3, -0.25) is 0 Å². The van der Waals surface area contributed by atoms with Crippen molar-refractivity contribution in [3.8, 4) is 0 Å². The monoisotopic (exact) mass is 287 g/mol. The lowest BCUT2D eigenvalue weighted by Crippen LogP contribution is -2.13. The minimum absolute atomic E-state index is 0.883. The first kappa shape index (κ1) is 15.0. The molecule has 0 saturated heterocycles. The highest BCUT2D eigenvalue weighted by Gasteiger charge is 2.02. The first-order chi connectivity index (χ1) is 9.67. The van der Waals surface area contributed by atoms with Gasteiger partial charge in [0.2, 0.25) is 0 Å². The Morgan fingerprint density at radius 3 is 2.65 bits per heavy atom. The maximum atomic E-state index is 4.52. The second-order valence-corrected chi connectivity index (χ2v) is 5.95. The lowest BCUT2D eigenvalue weighted by molar-refractivity contribution is 0.673. The van der Waals surface area contributed by atoms with E-state index in [0.717, 1.165) is 35.3 Å². The van der Waals surface area contributed by atoms with Gasteiger partial charge >= 0.3 is 0 Å². The minimum atomic E-state index is 0.883. The molecular weight excluding hydrogens is 266 g/mol. The number of aromatic nitrogens is 2. The molecule has 0 radical (unpaired) electrons. The van der Waals surface area contributed by atoms with Crippen LogP contribution >= 0.6 is 11.8 Å². The predicted octanol–water partition coefficient (Wildman–Crippen LogP) is 3.74. The molecule has 1 N–H and O–H groups in total. The van der Waals surface area contributed by atoms with Crippen LogP contribution in [0.25, 0.3) is 0 Å². The molecule has 4 heteroatoms. The van der Waals surface area contributed by atoms with Crippen molar-refractivity contribution >= 4 is 11.8 Å². The second kappa shape index (κ2) is 7.41. The Balaban J connectivity index is 1.99. The first-order valence-corrected chi connectivity index (χ1v) is 7.78. The fraction of sp³-hybridized carbons (Fsp3) is 0.375. The summed E-state index contributed by atoms with van der Waals surface area (Å²) in [6, 6.07) is 8.36. The van der Waals surface area contributed by atoms with Gasteiger partial charge in [-0.1, -0.05) is 24.8 Å². The molecule has 0 unspecified atom stereocenters. The minimum Gasteiger partial charge on any atom is -0.313 e. The Kier molecular flexibility index (Phi) is 5.56. The Hall–Kier alpha value is -1.39. The molecule has 0 atom stereocenters. The highest BCUT2D eigenvalue weighted by molar-refractivity contribution is 7.99. The summed E-state index contributed by atoms with van der Waals surface area (Å²) in [4.78, 5) is 9.02. The van der Waals surface area contributed by atoms with Crippen molar-refractivity contribution in [1.29, 1.82) is 0 Å². The van der Waals surface area contributed by atoms with E-state index >= 15 is 0 Å². The van der Waals surface area contributed by atoms with Crippen LogP contribution in [0.1, 0.15) is 30.2 Å². The molecule has 0 amide bonds. The largest absolute Gasteiger partial charge is 0.313 e. The third-order valence-corrected chi connectivity index (χ3v) is 3.71. The highest BCUT2D eigenvalue weighted by Crippen LogP contribution is 2.25. The van der Waals surface area contributed by atoms with Gasteiger partial charge in [-0.25, -0.2) is 9.97 Å². The SMILES string of the molecule is CCCNCc1ccc(Sc2cc(C)cc(C)n2)nc1. The zero-order valence-electron chi connectivity index (χ0n) is 12.3. The van der Waals surface area contributed by atoms with Crippen LogP contribution in [0.4, 0.5) is 0 Å². The molecule has 2 heterocycles. The molecule has 2 aromatic rings. The van der Waals surface area contributed by atoms with E-state index in [1.807, 2.05) is 13.1 Å². The number of nitrogens with zero attached hydrogens (tertiary/aromatic N) is 2. The smallest absolute Gasteiger partial charge is 0.103 e. The molecule has 106 valence electrons.